The zero-order valence-electron chi connectivity index (χ0n) is 8.32. The van der Waals surface area contributed by atoms with Crippen molar-refractivity contribution in [2.24, 2.45) is 0 Å². The lowest BCUT2D eigenvalue weighted by atomic mass is 10.2. The normalized spacial score (nSPS) is 9.69. The third-order valence-corrected chi connectivity index (χ3v) is 2.03. The third kappa shape index (κ3) is 2.09. The highest BCUT2D eigenvalue weighted by atomic mass is 16.2. The summed E-state index contributed by atoms with van der Waals surface area (Å²) < 4.78 is 0. The molecule has 2 amide bonds. The number of anilines is 1. The second-order valence-corrected chi connectivity index (χ2v) is 3.14. The molecule has 0 saturated heterocycles. The summed E-state index contributed by atoms with van der Waals surface area (Å²) in [5, 5.41) is 20.9. The van der Waals surface area contributed by atoms with Crippen LogP contribution in [0.5, 0.6) is 0 Å². The van der Waals surface area contributed by atoms with Crippen molar-refractivity contribution in [2.45, 2.75) is 0 Å². The summed E-state index contributed by atoms with van der Waals surface area (Å²) in [6.07, 6.45) is 1.70. The maximum atomic E-state index is 11.2. The molecule has 0 spiro atoms. The predicted octanol–water partition coefficient (Wildman–Crippen LogP) is 1.21. The van der Waals surface area contributed by atoms with Gasteiger partial charge in [0, 0.05) is 11.1 Å². The fourth-order valence-electron chi connectivity index (χ4n) is 1.31. The molecule has 0 atom stereocenters. The van der Waals surface area contributed by atoms with E-state index in [0.717, 1.165) is 10.9 Å². The van der Waals surface area contributed by atoms with Gasteiger partial charge in [0.25, 0.3) is 0 Å². The van der Waals surface area contributed by atoms with E-state index in [1.165, 1.54) is 0 Å². The molecule has 0 aliphatic carbocycles. The van der Waals surface area contributed by atoms with Gasteiger partial charge in [-0.2, -0.15) is 10.4 Å². The molecule has 3 N–H and O–H groups in total. The summed E-state index contributed by atoms with van der Waals surface area (Å²) in [5.74, 6) is 0. The topological polar surface area (TPSA) is 93.6 Å². The number of rotatable bonds is 2. The summed E-state index contributed by atoms with van der Waals surface area (Å²) in [7, 11) is 0. The second kappa shape index (κ2) is 4.31. The Balaban J connectivity index is 2.09. The van der Waals surface area contributed by atoms with Crippen molar-refractivity contribution in [1.29, 1.82) is 5.26 Å². The number of aromatic nitrogens is 2. The van der Waals surface area contributed by atoms with E-state index in [0.29, 0.717) is 5.69 Å². The number of urea groups is 1. The van der Waals surface area contributed by atoms with Crippen LogP contribution in [0.4, 0.5) is 10.5 Å². The zero-order chi connectivity index (χ0) is 11.4. The largest absolute Gasteiger partial charge is 0.325 e. The Kier molecular flexibility index (Phi) is 2.69. The van der Waals surface area contributed by atoms with Crippen LogP contribution in [0.25, 0.3) is 10.9 Å². The van der Waals surface area contributed by atoms with Crippen LogP contribution in [0.3, 0.4) is 0 Å². The highest BCUT2D eigenvalue weighted by Crippen LogP contribution is 2.16. The second-order valence-electron chi connectivity index (χ2n) is 3.14. The van der Waals surface area contributed by atoms with Crippen LogP contribution < -0.4 is 10.6 Å². The molecule has 0 aliphatic heterocycles. The van der Waals surface area contributed by atoms with Crippen molar-refractivity contribution in [3.8, 4) is 6.07 Å². The maximum absolute atomic E-state index is 11.2. The Labute approximate surface area is 91.3 Å². The van der Waals surface area contributed by atoms with Crippen molar-refractivity contribution in [1.82, 2.24) is 15.5 Å². The Morgan fingerprint density at radius 1 is 1.56 bits per heavy atom. The number of hydrogen-bond acceptors (Lipinski definition) is 3. The molecule has 1 heterocycles. The third-order valence-electron chi connectivity index (χ3n) is 2.03. The maximum Gasteiger partial charge on any atom is 0.320 e. The number of aromatic amines is 1. The van der Waals surface area contributed by atoms with Gasteiger partial charge in [0.05, 0.1) is 17.8 Å². The quantitative estimate of drug-likeness (QED) is 0.657. The van der Waals surface area contributed by atoms with E-state index < -0.39 is 6.03 Å². The molecule has 80 valence electrons. The van der Waals surface area contributed by atoms with E-state index in [9.17, 15) is 4.79 Å². The molecule has 2 aromatic rings. The SMILES string of the molecule is N#CCNC(=O)Nc1ccc2cn[nH]c2c1. The Hall–Kier alpha value is -2.55. The molecule has 1 aromatic heterocycles. The molecule has 0 bridgehead atoms. The lowest BCUT2D eigenvalue weighted by Crippen LogP contribution is -2.28. The number of benzene rings is 1. The van der Waals surface area contributed by atoms with Crippen LogP contribution in [0.15, 0.2) is 24.4 Å². The van der Waals surface area contributed by atoms with Gasteiger partial charge in [-0.15, -0.1) is 0 Å². The fourth-order valence-corrected chi connectivity index (χ4v) is 1.31. The first kappa shape index (κ1) is 9.98. The minimum absolute atomic E-state index is 0.0157. The molecular weight excluding hydrogens is 206 g/mol. The van der Waals surface area contributed by atoms with Crippen LogP contribution in [-0.2, 0) is 0 Å². The summed E-state index contributed by atoms with van der Waals surface area (Å²) >= 11 is 0. The molecule has 0 unspecified atom stereocenters. The Morgan fingerprint density at radius 2 is 2.44 bits per heavy atom. The first-order valence-electron chi connectivity index (χ1n) is 4.64. The highest BCUT2D eigenvalue weighted by molar-refractivity contribution is 5.92. The van der Waals surface area contributed by atoms with Gasteiger partial charge in [-0.1, -0.05) is 0 Å². The lowest BCUT2D eigenvalue weighted by Gasteiger charge is -2.04. The monoisotopic (exact) mass is 215 g/mol. The number of H-pyrrole nitrogens is 1. The average molecular weight is 215 g/mol. The summed E-state index contributed by atoms with van der Waals surface area (Å²) in [4.78, 5) is 11.2. The van der Waals surface area contributed by atoms with Gasteiger partial charge in [-0.05, 0) is 18.2 Å². The smallest absolute Gasteiger partial charge is 0.320 e. The predicted molar refractivity (Wildman–Crippen MR) is 58.7 cm³/mol. The Morgan fingerprint density at radius 3 is 3.25 bits per heavy atom. The van der Waals surface area contributed by atoms with Gasteiger partial charge in [0.1, 0.15) is 6.54 Å². The number of amides is 2. The molecule has 0 fully saturated rings. The number of nitrogens with one attached hydrogen (secondary N) is 3. The van der Waals surface area contributed by atoms with Crippen LogP contribution in [-0.4, -0.2) is 22.8 Å². The molecular formula is C10H9N5O. The highest BCUT2D eigenvalue weighted by Gasteiger charge is 2.02. The van der Waals surface area contributed by atoms with Gasteiger partial charge < -0.3 is 10.6 Å². The van der Waals surface area contributed by atoms with Crippen LogP contribution in [0, 0.1) is 11.3 Å². The van der Waals surface area contributed by atoms with E-state index in [-0.39, 0.29) is 6.54 Å². The summed E-state index contributed by atoms with van der Waals surface area (Å²) in [6, 6.07) is 6.81. The zero-order valence-corrected chi connectivity index (χ0v) is 8.32. The van der Waals surface area contributed by atoms with Gasteiger partial charge in [0.2, 0.25) is 0 Å². The average Bonchev–Trinajstić information content (AvgIpc) is 2.73. The molecule has 6 nitrogen and oxygen atoms in total. The van der Waals surface area contributed by atoms with Gasteiger partial charge in [-0.25, -0.2) is 4.79 Å². The number of hydrogen-bond donors (Lipinski definition) is 3. The molecule has 0 saturated carbocycles. The minimum Gasteiger partial charge on any atom is -0.325 e. The van der Waals surface area contributed by atoms with Crippen molar-refractivity contribution in [2.75, 3.05) is 11.9 Å². The van der Waals surface area contributed by atoms with Crippen molar-refractivity contribution < 1.29 is 4.79 Å². The number of carbonyl (C=O) groups excluding carboxylic acids is 1. The molecule has 1 aromatic carbocycles. The summed E-state index contributed by atoms with van der Waals surface area (Å²) in [6.45, 7) is -0.0157. The van der Waals surface area contributed by atoms with Gasteiger partial charge in [-0.3, -0.25) is 5.10 Å². The van der Waals surface area contributed by atoms with E-state index in [2.05, 4.69) is 20.8 Å². The minimum atomic E-state index is -0.402. The first-order chi connectivity index (χ1) is 7.79. The number of nitriles is 1. The molecule has 16 heavy (non-hydrogen) atoms. The summed E-state index contributed by atoms with van der Waals surface area (Å²) in [5.41, 5.74) is 1.49. The van der Waals surface area contributed by atoms with Gasteiger partial charge >= 0.3 is 6.03 Å². The van der Waals surface area contributed by atoms with E-state index in [4.69, 9.17) is 5.26 Å². The molecule has 6 heteroatoms. The van der Waals surface area contributed by atoms with Crippen molar-refractivity contribution in [3.63, 3.8) is 0 Å². The molecule has 0 radical (unpaired) electrons. The number of fused-ring (bicyclic) bond motifs is 1. The molecule has 2 rings (SSSR count). The van der Waals surface area contributed by atoms with E-state index in [1.807, 2.05) is 12.1 Å². The van der Waals surface area contributed by atoms with Crippen LogP contribution >= 0.6 is 0 Å². The first-order valence-corrected chi connectivity index (χ1v) is 4.64. The van der Waals surface area contributed by atoms with Crippen molar-refractivity contribution >= 4 is 22.6 Å². The van der Waals surface area contributed by atoms with Crippen LogP contribution in [0.1, 0.15) is 0 Å². The number of carbonyl (C=O) groups is 1. The van der Waals surface area contributed by atoms with Gasteiger partial charge in [0.15, 0.2) is 0 Å². The fraction of sp³-hybridized carbons (Fsp3) is 0.100. The standard InChI is InChI=1S/C10H9N5O/c11-3-4-12-10(16)14-8-2-1-7-6-13-15-9(7)5-8/h1-2,5-6H,4H2,(H,13,15)(H2,12,14,16). The lowest BCUT2D eigenvalue weighted by molar-refractivity contribution is 0.253. The number of nitrogens with zero attached hydrogens (tertiary/aromatic N) is 2. The van der Waals surface area contributed by atoms with E-state index in [1.54, 1.807) is 18.3 Å². The molecule has 0 aliphatic rings. The Bertz CT molecular complexity index is 554. The van der Waals surface area contributed by atoms with E-state index >= 15 is 0 Å². The van der Waals surface area contributed by atoms with Crippen LogP contribution in [0.2, 0.25) is 0 Å². The van der Waals surface area contributed by atoms with Crippen molar-refractivity contribution in [3.05, 3.63) is 24.4 Å².